The first-order chi connectivity index (χ1) is 11.4. The molecule has 0 aliphatic heterocycles. The highest BCUT2D eigenvalue weighted by molar-refractivity contribution is 5.96. The van der Waals surface area contributed by atoms with Gasteiger partial charge < -0.3 is 5.73 Å². The highest BCUT2D eigenvalue weighted by Crippen LogP contribution is 2.31. The van der Waals surface area contributed by atoms with E-state index in [2.05, 4.69) is 20.4 Å². The molecule has 0 aliphatic rings. The average molecular weight is 333 g/mol. The number of aromatic amines is 1. The number of nitrogens with zero attached hydrogens (tertiary/aromatic N) is 3. The Bertz CT molecular complexity index is 887. The predicted molar refractivity (Wildman–Crippen MR) is 78.6 cm³/mol. The fraction of sp³-hybridized carbons (Fsp3) is 0.0667. The maximum atomic E-state index is 12.8. The zero-order chi connectivity index (χ0) is 17.3. The fourth-order valence-electron chi connectivity index (χ4n) is 2.17. The molecule has 0 fully saturated rings. The number of carbonyl (C=O) groups excluding carboxylic acids is 1. The highest BCUT2D eigenvalue weighted by atomic mass is 19.4. The quantitative estimate of drug-likeness (QED) is 0.770. The number of alkyl halides is 3. The second-order valence-electron chi connectivity index (χ2n) is 4.89. The van der Waals surface area contributed by atoms with Gasteiger partial charge in [0, 0.05) is 17.3 Å². The number of aromatic nitrogens is 4. The molecule has 3 aromatic rings. The van der Waals surface area contributed by atoms with E-state index in [1.54, 1.807) is 24.3 Å². The maximum absolute atomic E-state index is 12.8. The standard InChI is InChI=1S/C15H10F3N5O/c16-15(17,18)10-5-6-20-11(7-10)8-1-3-9(4-2-8)12-13(14(19)24)22-23-21-12/h1-7H,(H2,19,24)(H,21,22,23). The third kappa shape index (κ3) is 2.96. The summed E-state index contributed by atoms with van der Waals surface area (Å²) in [6.45, 7) is 0. The van der Waals surface area contributed by atoms with Crippen molar-refractivity contribution < 1.29 is 18.0 Å². The Hall–Kier alpha value is -3.23. The van der Waals surface area contributed by atoms with Crippen LogP contribution in [0.2, 0.25) is 0 Å². The molecule has 24 heavy (non-hydrogen) atoms. The lowest BCUT2D eigenvalue weighted by atomic mass is 10.0. The molecule has 3 N–H and O–H groups in total. The molecular weight excluding hydrogens is 323 g/mol. The van der Waals surface area contributed by atoms with Gasteiger partial charge in [0.25, 0.3) is 5.91 Å². The summed E-state index contributed by atoms with van der Waals surface area (Å²) >= 11 is 0. The lowest BCUT2D eigenvalue weighted by Gasteiger charge is -2.08. The first kappa shape index (κ1) is 15.7. The van der Waals surface area contributed by atoms with Gasteiger partial charge in [0.1, 0.15) is 5.69 Å². The number of hydrogen-bond acceptors (Lipinski definition) is 4. The van der Waals surface area contributed by atoms with E-state index in [1.807, 2.05) is 0 Å². The number of benzene rings is 1. The third-order valence-electron chi connectivity index (χ3n) is 3.32. The van der Waals surface area contributed by atoms with Crippen LogP contribution in [-0.4, -0.2) is 26.3 Å². The van der Waals surface area contributed by atoms with E-state index < -0.39 is 17.6 Å². The van der Waals surface area contributed by atoms with Crippen LogP contribution in [0, 0.1) is 0 Å². The van der Waals surface area contributed by atoms with E-state index in [4.69, 9.17) is 5.73 Å². The van der Waals surface area contributed by atoms with E-state index >= 15 is 0 Å². The molecule has 0 unspecified atom stereocenters. The molecule has 0 bridgehead atoms. The Morgan fingerprint density at radius 2 is 1.71 bits per heavy atom. The van der Waals surface area contributed by atoms with Crippen molar-refractivity contribution in [3.8, 4) is 22.5 Å². The lowest BCUT2D eigenvalue weighted by molar-refractivity contribution is -0.137. The van der Waals surface area contributed by atoms with E-state index in [0.29, 0.717) is 11.1 Å². The van der Waals surface area contributed by atoms with Crippen LogP contribution >= 0.6 is 0 Å². The molecule has 0 atom stereocenters. The summed E-state index contributed by atoms with van der Waals surface area (Å²) in [6, 6.07) is 8.24. The Morgan fingerprint density at radius 3 is 2.33 bits per heavy atom. The molecule has 1 amide bonds. The van der Waals surface area contributed by atoms with Crippen LogP contribution in [0.25, 0.3) is 22.5 Å². The highest BCUT2D eigenvalue weighted by Gasteiger charge is 2.30. The lowest BCUT2D eigenvalue weighted by Crippen LogP contribution is -2.12. The van der Waals surface area contributed by atoms with E-state index in [-0.39, 0.29) is 17.1 Å². The molecule has 0 saturated carbocycles. The van der Waals surface area contributed by atoms with Crippen molar-refractivity contribution in [1.82, 2.24) is 20.4 Å². The van der Waals surface area contributed by atoms with Crippen molar-refractivity contribution >= 4 is 5.91 Å². The van der Waals surface area contributed by atoms with Gasteiger partial charge in [-0.3, -0.25) is 9.78 Å². The number of nitrogens with two attached hydrogens (primary N) is 1. The number of primary amides is 1. The molecule has 3 rings (SSSR count). The van der Waals surface area contributed by atoms with Gasteiger partial charge in [-0.15, -0.1) is 0 Å². The first-order valence-electron chi connectivity index (χ1n) is 6.71. The number of halogens is 3. The van der Waals surface area contributed by atoms with Gasteiger partial charge in [-0.1, -0.05) is 24.3 Å². The monoisotopic (exact) mass is 333 g/mol. The minimum absolute atomic E-state index is 0.0139. The van der Waals surface area contributed by atoms with Gasteiger partial charge in [-0.05, 0) is 12.1 Å². The van der Waals surface area contributed by atoms with Crippen LogP contribution in [0.3, 0.4) is 0 Å². The summed E-state index contributed by atoms with van der Waals surface area (Å²) in [5, 5.41) is 9.83. The van der Waals surface area contributed by atoms with E-state index in [1.165, 1.54) is 0 Å². The molecular formula is C15H10F3N5O. The van der Waals surface area contributed by atoms with Gasteiger partial charge in [0.05, 0.1) is 11.3 Å². The second kappa shape index (κ2) is 5.76. The van der Waals surface area contributed by atoms with Crippen LogP contribution in [0.4, 0.5) is 13.2 Å². The van der Waals surface area contributed by atoms with Crippen molar-refractivity contribution in [1.29, 1.82) is 0 Å². The van der Waals surface area contributed by atoms with Crippen molar-refractivity contribution in [3.05, 3.63) is 53.9 Å². The number of carbonyl (C=O) groups is 1. The zero-order valence-corrected chi connectivity index (χ0v) is 12.0. The van der Waals surface area contributed by atoms with Crippen molar-refractivity contribution in [2.45, 2.75) is 6.18 Å². The molecule has 2 aromatic heterocycles. The smallest absolute Gasteiger partial charge is 0.364 e. The number of hydrogen-bond donors (Lipinski definition) is 2. The second-order valence-corrected chi connectivity index (χ2v) is 4.89. The number of pyridine rings is 1. The van der Waals surface area contributed by atoms with Crippen molar-refractivity contribution in [2.24, 2.45) is 5.73 Å². The van der Waals surface area contributed by atoms with Gasteiger partial charge in [0.15, 0.2) is 5.69 Å². The minimum atomic E-state index is -4.44. The topological polar surface area (TPSA) is 97.6 Å². The summed E-state index contributed by atoms with van der Waals surface area (Å²) in [5.74, 6) is -0.734. The molecule has 0 spiro atoms. The predicted octanol–water partition coefficient (Wildman–Crippen LogP) is 2.65. The van der Waals surface area contributed by atoms with Crippen molar-refractivity contribution in [2.75, 3.05) is 0 Å². The van der Waals surface area contributed by atoms with Crippen LogP contribution in [0.1, 0.15) is 16.1 Å². The Kier molecular flexibility index (Phi) is 3.76. The van der Waals surface area contributed by atoms with E-state index in [9.17, 15) is 18.0 Å². The van der Waals surface area contributed by atoms with Crippen LogP contribution in [-0.2, 0) is 6.18 Å². The molecule has 0 aliphatic carbocycles. The fourth-order valence-corrected chi connectivity index (χ4v) is 2.17. The first-order valence-corrected chi connectivity index (χ1v) is 6.71. The van der Waals surface area contributed by atoms with Crippen molar-refractivity contribution in [3.63, 3.8) is 0 Å². The van der Waals surface area contributed by atoms with Gasteiger partial charge in [-0.2, -0.15) is 28.6 Å². The molecule has 6 nitrogen and oxygen atoms in total. The molecule has 0 radical (unpaired) electrons. The maximum Gasteiger partial charge on any atom is 0.416 e. The summed E-state index contributed by atoms with van der Waals surface area (Å²) in [5.41, 5.74) is 5.91. The summed E-state index contributed by atoms with van der Waals surface area (Å²) in [4.78, 5) is 15.2. The molecule has 122 valence electrons. The number of nitrogens with one attached hydrogen (secondary N) is 1. The normalized spacial score (nSPS) is 11.5. The van der Waals surface area contributed by atoms with Crippen LogP contribution in [0.5, 0.6) is 0 Å². The Labute approximate surface area is 133 Å². The number of rotatable bonds is 3. The van der Waals surface area contributed by atoms with E-state index in [0.717, 1.165) is 18.3 Å². The minimum Gasteiger partial charge on any atom is -0.364 e. The average Bonchev–Trinajstić information content (AvgIpc) is 3.04. The molecule has 2 heterocycles. The molecule has 1 aromatic carbocycles. The van der Waals surface area contributed by atoms with Crippen LogP contribution < -0.4 is 5.73 Å². The summed E-state index contributed by atoms with van der Waals surface area (Å²) in [6.07, 6.45) is -3.33. The Morgan fingerprint density at radius 1 is 1.04 bits per heavy atom. The molecule has 9 heteroatoms. The van der Waals surface area contributed by atoms with Gasteiger partial charge in [0.2, 0.25) is 0 Å². The largest absolute Gasteiger partial charge is 0.416 e. The SMILES string of the molecule is NC(=O)c1n[nH]nc1-c1ccc(-c2cc(C(F)(F)F)ccn2)cc1. The summed E-state index contributed by atoms with van der Waals surface area (Å²) in [7, 11) is 0. The number of amides is 1. The zero-order valence-electron chi connectivity index (χ0n) is 12.0. The third-order valence-corrected chi connectivity index (χ3v) is 3.32. The van der Waals surface area contributed by atoms with Crippen LogP contribution in [0.15, 0.2) is 42.6 Å². The van der Waals surface area contributed by atoms with Gasteiger partial charge >= 0.3 is 6.18 Å². The summed E-state index contributed by atoms with van der Waals surface area (Å²) < 4.78 is 38.3. The van der Waals surface area contributed by atoms with Gasteiger partial charge in [-0.25, -0.2) is 0 Å². The number of H-pyrrole nitrogens is 1. The Balaban J connectivity index is 1.96. The molecule has 0 saturated heterocycles.